The molecule has 0 amide bonds. The quantitative estimate of drug-likeness (QED) is 0.681. The molecule has 1 heterocycles. The monoisotopic (exact) mass is 169 g/mol. The van der Waals surface area contributed by atoms with Crippen LogP contribution < -0.4 is 0 Å². The minimum Gasteiger partial charge on any atom is -0.446 e. The van der Waals surface area contributed by atoms with Crippen LogP contribution in [0.3, 0.4) is 0 Å². The molecule has 0 unspecified atom stereocenters. The fourth-order valence-corrected chi connectivity index (χ4v) is 0.747. The van der Waals surface area contributed by atoms with Gasteiger partial charge in [0.15, 0.2) is 0 Å². The highest BCUT2D eigenvalue weighted by atomic mass is 16.5. The first-order valence-corrected chi connectivity index (χ1v) is 4.02. The van der Waals surface area contributed by atoms with Crippen LogP contribution >= 0.6 is 0 Å². The lowest BCUT2D eigenvalue weighted by Crippen LogP contribution is -2.18. The van der Waals surface area contributed by atoms with Crippen LogP contribution in [0.15, 0.2) is 10.7 Å². The van der Waals surface area contributed by atoms with E-state index in [1.165, 1.54) is 0 Å². The van der Waals surface area contributed by atoms with E-state index >= 15 is 0 Å². The number of hydrogen-bond acceptors (Lipinski definition) is 3. The van der Waals surface area contributed by atoms with E-state index in [2.05, 4.69) is 4.98 Å². The molecular weight excluding hydrogens is 154 g/mol. The second-order valence-corrected chi connectivity index (χ2v) is 3.78. The summed E-state index contributed by atoms with van der Waals surface area (Å²) in [6.45, 7) is 8.34. The van der Waals surface area contributed by atoms with Crippen LogP contribution in [-0.2, 0) is 11.3 Å². The third-order valence-corrected chi connectivity index (χ3v) is 1.30. The summed E-state index contributed by atoms with van der Waals surface area (Å²) >= 11 is 0. The molecule has 3 heteroatoms. The van der Waals surface area contributed by atoms with Crippen LogP contribution in [0.4, 0.5) is 0 Å². The number of nitrogens with zero attached hydrogens (tertiary/aromatic N) is 1. The molecule has 0 aliphatic carbocycles. The number of ether oxygens (including phenoxy) is 1. The summed E-state index contributed by atoms with van der Waals surface area (Å²) in [7, 11) is 0. The molecule has 0 aliphatic heterocycles. The molecule has 0 atom stereocenters. The Morgan fingerprint density at radius 2 is 2.17 bits per heavy atom. The summed E-state index contributed by atoms with van der Waals surface area (Å²) in [5, 5.41) is 0. The Morgan fingerprint density at radius 3 is 2.58 bits per heavy atom. The highest BCUT2D eigenvalue weighted by Gasteiger charge is 2.11. The Morgan fingerprint density at radius 1 is 1.50 bits per heavy atom. The van der Waals surface area contributed by atoms with Crippen molar-refractivity contribution < 1.29 is 9.15 Å². The Balaban J connectivity index is 2.44. The zero-order chi connectivity index (χ0) is 9.19. The molecule has 0 spiro atoms. The van der Waals surface area contributed by atoms with Crippen LogP contribution in [-0.4, -0.2) is 10.6 Å². The first kappa shape index (κ1) is 9.26. The van der Waals surface area contributed by atoms with Gasteiger partial charge in [0.1, 0.15) is 12.9 Å². The van der Waals surface area contributed by atoms with Crippen molar-refractivity contribution in [2.24, 2.45) is 0 Å². The molecule has 0 saturated heterocycles. The summed E-state index contributed by atoms with van der Waals surface area (Å²) in [6, 6.07) is 0. The van der Waals surface area contributed by atoms with Crippen molar-refractivity contribution in [2.75, 3.05) is 0 Å². The number of aromatic nitrogens is 1. The Kier molecular flexibility index (Phi) is 2.52. The van der Waals surface area contributed by atoms with Gasteiger partial charge in [0.05, 0.1) is 11.3 Å². The van der Waals surface area contributed by atoms with Gasteiger partial charge in [-0.15, -0.1) is 0 Å². The molecule has 3 nitrogen and oxygen atoms in total. The van der Waals surface area contributed by atoms with Crippen molar-refractivity contribution in [3.8, 4) is 0 Å². The molecule has 0 bridgehead atoms. The maximum atomic E-state index is 5.47. The van der Waals surface area contributed by atoms with Crippen molar-refractivity contribution in [3.63, 3.8) is 0 Å². The fourth-order valence-electron chi connectivity index (χ4n) is 0.747. The molecule has 1 aromatic rings. The normalized spacial score (nSPS) is 12.0. The van der Waals surface area contributed by atoms with Crippen molar-refractivity contribution >= 4 is 0 Å². The van der Waals surface area contributed by atoms with E-state index < -0.39 is 0 Å². The summed E-state index contributed by atoms with van der Waals surface area (Å²) < 4.78 is 10.6. The lowest BCUT2D eigenvalue weighted by Gasteiger charge is -2.17. The molecule has 68 valence electrons. The van der Waals surface area contributed by atoms with Crippen molar-refractivity contribution in [3.05, 3.63) is 17.8 Å². The van der Waals surface area contributed by atoms with Gasteiger partial charge in [0.2, 0.25) is 5.89 Å². The molecule has 1 rings (SSSR count). The Bertz CT molecular complexity index is 247. The van der Waals surface area contributed by atoms with E-state index in [9.17, 15) is 0 Å². The van der Waals surface area contributed by atoms with Crippen molar-refractivity contribution in [1.82, 2.24) is 4.98 Å². The summed E-state index contributed by atoms with van der Waals surface area (Å²) in [5.41, 5.74) is 0.755. The van der Waals surface area contributed by atoms with Gasteiger partial charge < -0.3 is 9.15 Å². The zero-order valence-electron chi connectivity index (χ0n) is 8.05. The summed E-state index contributed by atoms with van der Waals surface area (Å²) in [6.07, 6.45) is 1.63. The van der Waals surface area contributed by atoms with Gasteiger partial charge in [-0.3, -0.25) is 0 Å². The molecule has 12 heavy (non-hydrogen) atoms. The molecular formula is C9H15NO2. The van der Waals surface area contributed by atoms with Crippen LogP contribution in [0.25, 0.3) is 0 Å². The molecule has 0 radical (unpaired) electrons. The molecule has 0 aromatic carbocycles. The van der Waals surface area contributed by atoms with E-state index in [1.807, 2.05) is 27.7 Å². The van der Waals surface area contributed by atoms with Gasteiger partial charge in [-0.05, 0) is 27.7 Å². The SMILES string of the molecule is Cc1coc(COC(C)(C)C)n1. The Labute approximate surface area is 72.7 Å². The van der Waals surface area contributed by atoms with E-state index in [0.717, 1.165) is 5.69 Å². The van der Waals surface area contributed by atoms with E-state index in [-0.39, 0.29) is 5.60 Å². The Hall–Kier alpha value is -0.830. The zero-order valence-corrected chi connectivity index (χ0v) is 8.05. The minimum absolute atomic E-state index is 0.137. The molecule has 0 saturated carbocycles. The van der Waals surface area contributed by atoms with Crippen LogP contribution in [0.1, 0.15) is 32.4 Å². The number of aryl methyl sites for hydroxylation is 1. The van der Waals surface area contributed by atoms with Crippen molar-refractivity contribution in [2.45, 2.75) is 39.9 Å². The predicted octanol–water partition coefficient (Wildman–Crippen LogP) is 2.30. The van der Waals surface area contributed by atoms with E-state index in [4.69, 9.17) is 9.15 Å². The van der Waals surface area contributed by atoms with E-state index in [1.54, 1.807) is 6.26 Å². The van der Waals surface area contributed by atoms with Crippen LogP contribution in [0.5, 0.6) is 0 Å². The summed E-state index contributed by atoms with van der Waals surface area (Å²) in [5.74, 6) is 0.641. The summed E-state index contributed by atoms with van der Waals surface area (Å²) in [4.78, 5) is 4.12. The van der Waals surface area contributed by atoms with Gasteiger partial charge in [-0.2, -0.15) is 0 Å². The smallest absolute Gasteiger partial charge is 0.220 e. The average Bonchev–Trinajstić information content (AvgIpc) is 2.30. The van der Waals surface area contributed by atoms with Gasteiger partial charge in [0, 0.05) is 0 Å². The van der Waals surface area contributed by atoms with Crippen LogP contribution in [0, 0.1) is 6.92 Å². The number of hydrogen-bond donors (Lipinski definition) is 0. The third-order valence-electron chi connectivity index (χ3n) is 1.30. The number of oxazole rings is 1. The maximum absolute atomic E-state index is 5.47. The molecule has 0 N–H and O–H groups in total. The standard InChI is InChI=1S/C9H15NO2/c1-7-5-11-8(10-7)6-12-9(2,3)4/h5H,6H2,1-4H3. The first-order chi connectivity index (χ1) is 5.47. The lowest BCUT2D eigenvalue weighted by atomic mass is 10.2. The van der Waals surface area contributed by atoms with E-state index in [0.29, 0.717) is 12.5 Å². The van der Waals surface area contributed by atoms with Gasteiger partial charge >= 0.3 is 0 Å². The second-order valence-electron chi connectivity index (χ2n) is 3.78. The molecule has 0 aliphatic rings. The van der Waals surface area contributed by atoms with Gasteiger partial charge in [0.25, 0.3) is 0 Å². The largest absolute Gasteiger partial charge is 0.446 e. The lowest BCUT2D eigenvalue weighted by molar-refractivity contribution is -0.0243. The maximum Gasteiger partial charge on any atom is 0.220 e. The predicted molar refractivity (Wildman–Crippen MR) is 45.8 cm³/mol. The first-order valence-electron chi connectivity index (χ1n) is 4.02. The highest BCUT2D eigenvalue weighted by molar-refractivity contribution is 4.91. The van der Waals surface area contributed by atoms with Gasteiger partial charge in [-0.25, -0.2) is 4.98 Å². The molecule has 1 aromatic heterocycles. The third kappa shape index (κ3) is 3.05. The average molecular weight is 169 g/mol. The number of rotatable bonds is 2. The molecule has 0 fully saturated rings. The fraction of sp³-hybridized carbons (Fsp3) is 0.667. The van der Waals surface area contributed by atoms with Gasteiger partial charge in [-0.1, -0.05) is 0 Å². The topological polar surface area (TPSA) is 35.3 Å². The highest BCUT2D eigenvalue weighted by Crippen LogP contribution is 2.11. The van der Waals surface area contributed by atoms with Crippen molar-refractivity contribution in [1.29, 1.82) is 0 Å². The second kappa shape index (κ2) is 3.27. The minimum atomic E-state index is -0.137. The van der Waals surface area contributed by atoms with Crippen LogP contribution in [0.2, 0.25) is 0 Å².